The quantitative estimate of drug-likeness (QED) is 0.623. The lowest BCUT2D eigenvalue weighted by atomic mass is 9.91. The van der Waals surface area contributed by atoms with Gasteiger partial charge in [-0.15, -0.1) is 0 Å². The lowest BCUT2D eigenvalue weighted by molar-refractivity contribution is -0.123. The van der Waals surface area contributed by atoms with Gasteiger partial charge in [0.25, 0.3) is 5.91 Å². The highest BCUT2D eigenvalue weighted by atomic mass is 79.9. The first-order chi connectivity index (χ1) is 13.7. The Morgan fingerprint density at radius 3 is 2.93 bits per heavy atom. The molecule has 0 saturated heterocycles. The van der Waals surface area contributed by atoms with E-state index in [-0.39, 0.29) is 19.1 Å². The molecule has 1 aromatic heterocycles. The van der Waals surface area contributed by atoms with Crippen LogP contribution in [-0.4, -0.2) is 22.7 Å². The van der Waals surface area contributed by atoms with Crippen molar-refractivity contribution in [3.8, 4) is 17.1 Å². The highest BCUT2D eigenvalue weighted by Gasteiger charge is 2.15. The van der Waals surface area contributed by atoms with Crippen molar-refractivity contribution in [3.63, 3.8) is 0 Å². The van der Waals surface area contributed by atoms with Crippen LogP contribution in [0.5, 0.6) is 5.75 Å². The second-order valence-electron chi connectivity index (χ2n) is 6.69. The van der Waals surface area contributed by atoms with Crippen molar-refractivity contribution in [2.75, 3.05) is 6.61 Å². The first kappa shape index (κ1) is 18.7. The van der Waals surface area contributed by atoms with Crippen molar-refractivity contribution in [3.05, 3.63) is 64.0 Å². The Hall–Kier alpha value is -2.67. The molecule has 0 spiro atoms. The molecule has 0 fully saturated rings. The van der Waals surface area contributed by atoms with E-state index >= 15 is 0 Å². The lowest BCUT2D eigenvalue weighted by Gasteiger charge is -2.19. The number of hydrogen-bond donors (Lipinski definition) is 1. The Kier molecular flexibility index (Phi) is 5.71. The van der Waals surface area contributed by atoms with Crippen molar-refractivity contribution in [2.24, 2.45) is 0 Å². The molecule has 7 heteroatoms. The van der Waals surface area contributed by atoms with Crippen LogP contribution in [0.2, 0.25) is 0 Å². The second-order valence-corrected chi connectivity index (χ2v) is 7.60. The van der Waals surface area contributed by atoms with Crippen molar-refractivity contribution in [1.82, 2.24) is 15.5 Å². The summed E-state index contributed by atoms with van der Waals surface area (Å²) < 4.78 is 11.9. The summed E-state index contributed by atoms with van der Waals surface area (Å²) in [6.45, 7) is 0.124. The number of halogens is 1. The Morgan fingerprint density at radius 2 is 2.04 bits per heavy atom. The average molecular weight is 442 g/mol. The molecule has 1 aliphatic carbocycles. The Labute approximate surface area is 171 Å². The summed E-state index contributed by atoms with van der Waals surface area (Å²) in [7, 11) is 0. The number of aryl methyl sites for hydroxylation is 1. The number of benzene rings is 2. The van der Waals surface area contributed by atoms with Gasteiger partial charge in [-0.2, -0.15) is 4.98 Å². The van der Waals surface area contributed by atoms with Crippen LogP contribution in [0, 0.1) is 0 Å². The van der Waals surface area contributed by atoms with Crippen molar-refractivity contribution in [1.29, 1.82) is 0 Å². The predicted molar refractivity (Wildman–Crippen MR) is 108 cm³/mol. The van der Waals surface area contributed by atoms with E-state index in [1.165, 1.54) is 17.5 Å². The van der Waals surface area contributed by atoms with Gasteiger partial charge in [-0.05, 0) is 55.0 Å². The van der Waals surface area contributed by atoms with E-state index in [1.54, 1.807) is 0 Å². The number of carbonyl (C=O) groups is 1. The number of rotatable bonds is 6. The number of hydrogen-bond acceptors (Lipinski definition) is 5. The molecular weight excluding hydrogens is 422 g/mol. The first-order valence-corrected chi connectivity index (χ1v) is 10.1. The molecule has 28 heavy (non-hydrogen) atoms. The zero-order chi connectivity index (χ0) is 19.3. The molecule has 0 saturated carbocycles. The topological polar surface area (TPSA) is 77.2 Å². The monoisotopic (exact) mass is 441 g/mol. The van der Waals surface area contributed by atoms with Gasteiger partial charge in [-0.3, -0.25) is 4.79 Å². The third-order valence-corrected chi connectivity index (χ3v) is 5.19. The van der Waals surface area contributed by atoms with Crippen molar-refractivity contribution in [2.45, 2.75) is 32.2 Å². The highest BCUT2D eigenvalue weighted by Crippen LogP contribution is 2.29. The zero-order valence-corrected chi connectivity index (χ0v) is 16.9. The van der Waals surface area contributed by atoms with Gasteiger partial charge >= 0.3 is 0 Å². The molecule has 0 atom stereocenters. The molecule has 0 bridgehead atoms. The molecule has 2 aromatic carbocycles. The van der Waals surface area contributed by atoms with Crippen LogP contribution in [0.25, 0.3) is 11.4 Å². The van der Waals surface area contributed by atoms with E-state index in [0.717, 1.165) is 35.0 Å². The maximum atomic E-state index is 12.1. The second kappa shape index (κ2) is 8.56. The molecular formula is C21H20BrN3O3. The third-order valence-electron chi connectivity index (χ3n) is 4.70. The molecule has 4 rings (SSSR count). The van der Waals surface area contributed by atoms with Gasteiger partial charge in [-0.25, -0.2) is 0 Å². The number of amides is 1. The van der Waals surface area contributed by atoms with E-state index in [1.807, 2.05) is 36.4 Å². The van der Waals surface area contributed by atoms with Crippen molar-refractivity contribution < 1.29 is 14.1 Å². The van der Waals surface area contributed by atoms with Crippen LogP contribution >= 0.6 is 15.9 Å². The van der Waals surface area contributed by atoms with E-state index in [0.29, 0.717) is 11.7 Å². The summed E-state index contributed by atoms with van der Waals surface area (Å²) >= 11 is 3.42. The molecule has 1 amide bonds. The first-order valence-electron chi connectivity index (χ1n) is 9.28. The van der Waals surface area contributed by atoms with Gasteiger partial charge in [0.2, 0.25) is 11.7 Å². The van der Waals surface area contributed by atoms with Crippen molar-refractivity contribution >= 4 is 21.8 Å². The summed E-state index contributed by atoms with van der Waals surface area (Å²) in [5.41, 5.74) is 3.40. The minimum atomic E-state index is -0.226. The van der Waals surface area contributed by atoms with Crippen LogP contribution in [-0.2, 0) is 24.2 Å². The number of aromatic nitrogens is 2. The minimum Gasteiger partial charge on any atom is -0.483 e. The van der Waals surface area contributed by atoms with E-state index in [4.69, 9.17) is 9.26 Å². The zero-order valence-electron chi connectivity index (χ0n) is 15.3. The maximum Gasteiger partial charge on any atom is 0.258 e. The molecule has 1 heterocycles. The Morgan fingerprint density at radius 1 is 1.18 bits per heavy atom. The fourth-order valence-corrected chi connectivity index (χ4v) is 3.72. The molecule has 0 radical (unpaired) electrons. The van der Waals surface area contributed by atoms with Crippen LogP contribution in [0.15, 0.2) is 51.5 Å². The van der Waals surface area contributed by atoms with Gasteiger partial charge in [0.05, 0.1) is 6.54 Å². The normalized spacial score (nSPS) is 13.0. The fraction of sp³-hybridized carbons (Fsp3) is 0.286. The number of ether oxygens (including phenoxy) is 1. The maximum absolute atomic E-state index is 12.1. The number of carbonyl (C=O) groups excluding carboxylic acids is 1. The largest absolute Gasteiger partial charge is 0.483 e. The smallest absolute Gasteiger partial charge is 0.258 e. The molecule has 0 unspecified atom stereocenters. The molecule has 1 N–H and O–H groups in total. The minimum absolute atomic E-state index is 0.0386. The van der Waals surface area contributed by atoms with E-state index in [9.17, 15) is 4.79 Å². The molecule has 6 nitrogen and oxygen atoms in total. The summed E-state index contributed by atoms with van der Waals surface area (Å²) in [4.78, 5) is 16.5. The van der Waals surface area contributed by atoms with Crippen LogP contribution < -0.4 is 10.1 Å². The molecule has 144 valence electrons. The number of nitrogens with one attached hydrogen (secondary N) is 1. The molecule has 1 aliphatic rings. The summed E-state index contributed by atoms with van der Waals surface area (Å²) in [5.74, 6) is 1.41. The average Bonchev–Trinajstić information content (AvgIpc) is 3.20. The number of fused-ring (bicyclic) bond motifs is 1. The number of nitrogens with zero attached hydrogens (tertiary/aromatic N) is 2. The van der Waals surface area contributed by atoms with Gasteiger partial charge < -0.3 is 14.6 Å². The Balaban J connectivity index is 1.31. The van der Waals surface area contributed by atoms with Crippen LogP contribution in [0.1, 0.15) is 29.9 Å². The van der Waals surface area contributed by atoms with Gasteiger partial charge in [-0.1, -0.05) is 45.4 Å². The standard InChI is InChI=1S/C21H20BrN3O3/c22-16-8-3-7-15(11-16)21-24-20(28-25-21)12-23-19(26)13-27-18-10-4-6-14-5-1-2-9-17(14)18/h3-4,6-8,10-11H,1-2,5,9,12-13H2,(H,23,26). The third kappa shape index (κ3) is 4.42. The summed E-state index contributed by atoms with van der Waals surface area (Å²) in [5, 5.41) is 6.71. The summed E-state index contributed by atoms with van der Waals surface area (Å²) in [6, 6.07) is 13.7. The SMILES string of the molecule is O=C(COc1cccc2c1CCCC2)NCc1nc(-c2cccc(Br)c2)no1. The van der Waals surface area contributed by atoms with E-state index < -0.39 is 0 Å². The van der Waals surface area contributed by atoms with Crippen LogP contribution in [0.3, 0.4) is 0 Å². The fourth-order valence-electron chi connectivity index (χ4n) is 3.32. The van der Waals surface area contributed by atoms with Gasteiger partial charge in [0.15, 0.2) is 6.61 Å². The van der Waals surface area contributed by atoms with Crippen LogP contribution in [0.4, 0.5) is 0 Å². The Bertz CT molecular complexity index is 987. The lowest BCUT2D eigenvalue weighted by Crippen LogP contribution is -2.28. The van der Waals surface area contributed by atoms with E-state index in [2.05, 4.69) is 37.5 Å². The van der Waals surface area contributed by atoms with Gasteiger partial charge in [0.1, 0.15) is 5.75 Å². The molecule has 3 aromatic rings. The molecule has 0 aliphatic heterocycles. The summed E-state index contributed by atoms with van der Waals surface area (Å²) in [6.07, 6.45) is 4.46. The highest BCUT2D eigenvalue weighted by molar-refractivity contribution is 9.10. The van der Waals surface area contributed by atoms with Gasteiger partial charge in [0, 0.05) is 10.0 Å². The predicted octanol–water partition coefficient (Wildman–Crippen LogP) is 4.07.